The third-order valence-corrected chi connectivity index (χ3v) is 4.02. The molecule has 0 aliphatic heterocycles. The van der Waals surface area contributed by atoms with E-state index in [1.54, 1.807) is 61.7 Å². The van der Waals surface area contributed by atoms with Gasteiger partial charge in [0.25, 0.3) is 0 Å². The number of alkyl halides is 3. The highest BCUT2D eigenvalue weighted by atomic mass is 19.4. The lowest BCUT2D eigenvalue weighted by molar-refractivity contribution is -0.170. The summed E-state index contributed by atoms with van der Waals surface area (Å²) < 4.78 is 44.5. The number of allylic oxidation sites excluding steroid dienone is 1. The Balaban J connectivity index is 2.39. The van der Waals surface area contributed by atoms with E-state index < -0.39 is 12.1 Å². The van der Waals surface area contributed by atoms with Crippen molar-refractivity contribution in [2.75, 3.05) is 18.6 Å². The molecule has 3 nitrogen and oxygen atoms in total. The van der Waals surface area contributed by atoms with Crippen LogP contribution in [0.4, 0.5) is 18.9 Å². The van der Waals surface area contributed by atoms with Gasteiger partial charge < -0.3 is 4.74 Å². The van der Waals surface area contributed by atoms with Gasteiger partial charge in [0.05, 0.1) is 12.8 Å². The number of halogens is 3. The topological polar surface area (TPSA) is 29.5 Å². The number of hydrogen-bond acceptors (Lipinski definition) is 2. The van der Waals surface area contributed by atoms with Crippen molar-refractivity contribution in [3.8, 4) is 17.6 Å². The van der Waals surface area contributed by atoms with Gasteiger partial charge in [-0.1, -0.05) is 49.5 Å². The number of unbranched alkanes of at least 4 members (excludes halogenated alkanes) is 1. The minimum Gasteiger partial charge on any atom is -0.497 e. The molecule has 2 aromatic rings. The first-order valence-corrected chi connectivity index (χ1v) is 9.15. The molecule has 0 unspecified atom stereocenters. The Morgan fingerprint density at radius 1 is 1.07 bits per heavy atom. The molecule has 0 radical (unpaired) electrons. The van der Waals surface area contributed by atoms with Gasteiger partial charge in [-0.3, -0.25) is 9.69 Å². The van der Waals surface area contributed by atoms with E-state index in [0.717, 1.165) is 12.8 Å². The number of carbonyl (C=O) groups excluding carboxylic acids is 1. The Labute approximate surface area is 168 Å². The summed E-state index contributed by atoms with van der Waals surface area (Å²) in [5.74, 6) is 4.56. The monoisotopic (exact) mass is 401 g/mol. The van der Waals surface area contributed by atoms with Crippen molar-refractivity contribution >= 4 is 11.6 Å². The number of methoxy groups -OCH3 is 1. The zero-order valence-electron chi connectivity index (χ0n) is 16.3. The molecule has 6 heteroatoms. The Morgan fingerprint density at radius 3 is 2.38 bits per heavy atom. The highest BCUT2D eigenvalue weighted by Gasteiger charge is 2.43. The Hall–Kier alpha value is -3.20. The van der Waals surface area contributed by atoms with E-state index >= 15 is 0 Å². The molecule has 1 amide bonds. The quantitative estimate of drug-likeness (QED) is 0.483. The van der Waals surface area contributed by atoms with Crippen LogP contribution >= 0.6 is 0 Å². The molecular weight excluding hydrogens is 379 g/mol. The number of rotatable bonds is 6. The zero-order chi connectivity index (χ0) is 21.3. The van der Waals surface area contributed by atoms with Crippen molar-refractivity contribution in [2.24, 2.45) is 0 Å². The highest BCUT2D eigenvalue weighted by Crippen LogP contribution is 2.26. The number of anilines is 1. The Morgan fingerprint density at radius 2 is 1.76 bits per heavy atom. The summed E-state index contributed by atoms with van der Waals surface area (Å²) in [6.07, 6.45) is -0.0428. The minimum atomic E-state index is -4.98. The molecule has 0 saturated carbocycles. The fraction of sp³-hybridized carbons (Fsp3) is 0.261. The van der Waals surface area contributed by atoms with E-state index in [2.05, 4.69) is 11.8 Å². The average Bonchev–Trinajstić information content (AvgIpc) is 2.72. The second-order valence-electron chi connectivity index (χ2n) is 6.17. The van der Waals surface area contributed by atoms with Gasteiger partial charge >= 0.3 is 12.1 Å². The maximum Gasteiger partial charge on any atom is 0.471 e. The first-order valence-electron chi connectivity index (χ1n) is 9.15. The van der Waals surface area contributed by atoms with Crippen LogP contribution in [-0.2, 0) is 4.79 Å². The van der Waals surface area contributed by atoms with Gasteiger partial charge in [0.2, 0.25) is 0 Å². The van der Waals surface area contributed by atoms with Crippen molar-refractivity contribution in [1.29, 1.82) is 0 Å². The summed E-state index contributed by atoms with van der Waals surface area (Å²) in [6, 6.07) is 13.3. The molecule has 0 saturated heterocycles. The minimum absolute atomic E-state index is 0.122. The van der Waals surface area contributed by atoms with Crippen molar-refractivity contribution in [3.05, 3.63) is 71.8 Å². The van der Waals surface area contributed by atoms with Crippen molar-refractivity contribution < 1.29 is 22.7 Å². The lowest BCUT2D eigenvalue weighted by Crippen LogP contribution is -2.41. The molecule has 0 spiro atoms. The number of benzene rings is 2. The summed E-state index contributed by atoms with van der Waals surface area (Å²) in [6.45, 7) is 1.78. The van der Waals surface area contributed by atoms with Gasteiger partial charge in [0.1, 0.15) is 5.75 Å². The van der Waals surface area contributed by atoms with Gasteiger partial charge in [-0.2, -0.15) is 13.2 Å². The molecule has 2 aromatic carbocycles. The van der Waals surface area contributed by atoms with Gasteiger partial charge in [0, 0.05) is 17.7 Å². The SMILES string of the molecule is CCC/C=C/CN(C(=O)C(F)(F)F)c1ccccc1C#Cc1ccc(OC)cc1. The van der Waals surface area contributed by atoms with Gasteiger partial charge in [0.15, 0.2) is 0 Å². The number of nitrogens with zero attached hydrogens (tertiary/aromatic N) is 1. The van der Waals surface area contributed by atoms with Crippen LogP contribution in [0, 0.1) is 11.8 Å². The van der Waals surface area contributed by atoms with Crippen LogP contribution in [0.15, 0.2) is 60.7 Å². The van der Waals surface area contributed by atoms with Crippen LogP contribution in [0.1, 0.15) is 30.9 Å². The molecule has 0 N–H and O–H groups in total. The number of para-hydroxylation sites is 1. The third kappa shape index (κ3) is 6.42. The van der Waals surface area contributed by atoms with E-state index in [0.29, 0.717) is 21.8 Å². The summed E-state index contributed by atoms with van der Waals surface area (Å²) >= 11 is 0. The standard InChI is InChI=1S/C23H22F3NO2/c1-3-4-5-8-17-27(22(28)23(24,25)26)21-10-7-6-9-19(21)14-11-18-12-15-20(29-2)16-13-18/h5-10,12-13,15-16H,3-4,17H2,1-2H3/b8-5+. The molecule has 0 fully saturated rings. The maximum absolute atomic E-state index is 13.2. The number of ether oxygens (including phenoxy) is 1. The molecule has 0 bridgehead atoms. The second kappa shape index (κ2) is 10.4. The molecule has 2 rings (SSSR count). The fourth-order valence-electron chi connectivity index (χ4n) is 2.54. The lowest BCUT2D eigenvalue weighted by Gasteiger charge is -2.23. The summed E-state index contributed by atoms with van der Waals surface area (Å²) in [4.78, 5) is 12.7. The molecule has 0 aliphatic carbocycles. The maximum atomic E-state index is 13.2. The average molecular weight is 401 g/mol. The van der Waals surface area contributed by atoms with Gasteiger partial charge in [-0.25, -0.2) is 0 Å². The highest BCUT2D eigenvalue weighted by molar-refractivity contribution is 5.98. The Bertz CT molecular complexity index is 906. The van der Waals surface area contributed by atoms with Crippen molar-refractivity contribution in [2.45, 2.75) is 25.9 Å². The van der Waals surface area contributed by atoms with Crippen molar-refractivity contribution in [3.63, 3.8) is 0 Å². The predicted molar refractivity (Wildman–Crippen MR) is 108 cm³/mol. The van der Waals surface area contributed by atoms with Crippen LogP contribution in [0.25, 0.3) is 0 Å². The van der Waals surface area contributed by atoms with E-state index in [-0.39, 0.29) is 12.2 Å². The van der Waals surface area contributed by atoms with E-state index in [1.165, 1.54) is 6.07 Å². The molecule has 152 valence electrons. The smallest absolute Gasteiger partial charge is 0.471 e. The number of amides is 1. The zero-order valence-corrected chi connectivity index (χ0v) is 16.3. The second-order valence-corrected chi connectivity index (χ2v) is 6.17. The predicted octanol–water partition coefficient (Wildman–Crippen LogP) is 5.35. The van der Waals surface area contributed by atoms with Gasteiger partial charge in [-0.05, 0) is 42.8 Å². The largest absolute Gasteiger partial charge is 0.497 e. The van der Waals surface area contributed by atoms with Crippen LogP contribution in [0.2, 0.25) is 0 Å². The van der Waals surface area contributed by atoms with Crippen LogP contribution in [0.3, 0.4) is 0 Å². The normalized spacial score (nSPS) is 11.1. The van der Waals surface area contributed by atoms with Crippen molar-refractivity contribution in [1.82, 2.24) is 0 Å². The number of hydrogen-bond donors (Lipinski definition) is 0. The van der Waals surface area contributed by atoms with Gasteiger partial charge in [-0.15, -0.1) is 0 Å². The van der Waals surface area contributed by atoms with Crippen LogP contribution in [0.5, 0.6) is 5.75 Å². The molecule has 0 aliphatic rings. The fourth-order valence-corrected chi connectivity index (χ4v) is 2.54. The van der Waals surface area contributed by atoms with Crippen LogP contribution < -0.4 is 9.64 Å². The Kier molecular flexibility index (Phi) is 7.90. The van der Waals surface area contributed by atoms with E-state index in [1.807, 2.05) is 6.92 Å². The summed E-state index contributed by atoms with van der Waals surface area (Å²) in [5, 5.41) is 0. The molecule has 0 aromatic heterocycles. The first kappa shape index (κ1) is 22.1. The molecule has 0 heterocycles. The molecule has 0 atom stereocenters. The van der Waals surface area contributed by atoms with E-state index in [9.17, 15) is 18.0 Å². The lowest BCUT2D eigenvalue weighted by atomic mass is 10.1. The van der Waals surface area contributed by atoms with E-state index in [4.69, 9.17) is 4.74 Å². The third-order valence-electron chi connectivity index (χ3n) is 4.02. The molecule has 29 heavy (non-hydrogen) atoms. The van der Waals surface area contributed by atoms with Crippen LogP contribution in [-0.4, -0.2) is 25.7 Å². The first-order chi connectivity index (χ1) is 13.9. The molecular formula is C23H22F3NO2. The summed E-state index contributed by atoms with van der Waals surface area (Å²) in [5.41, 5.74) is 1.14. The summed E-state index contributed by atoms with van der Waals surface area (Å²) in [7, 11) is 1.55. The number of carbonyl (C=O) groups is 1.